The van der Waals surface area contributed by atoms with Crippen LogP contribution in [0.3, 0.4) is 0 Å². The lowest BCUT2D eigenvalue weighted by atomic mass is 10.0. The third-order valence-corrected chi connectivity index (χ3v) is 4.88. The van der Waals surface area contributed by atoms with Crippen molar-refractivity contribution in [3.8, 4) is 11.1 Å². The Morgan fingerprint density at radius 1 is 1.07 bits per heavy atom. The number of benzene rings is 1. The SMILES string of the molecule is Cn1cc(-c2ccccc2CN=C(N)N2CCN(c3ncccn3)CC2)cn1. The zero-order valence-corrected chi connectivity index (χ0v) is 15.9. The van der Waals surface area contributed by atoms with Crippen molar-refractivity contribution in [2.75, 3.05) is 31.1 Å². The summed E-state index contributed by atoms with van der Waals surface area (Å²) in [4.78, 5) is 17.6. The molecule has 1 aliphatic rings. The molecule has 144 valence electrons. The first-order valence-corrected chi connectivity index (χ1v) is 9.34. The molecule has 3 heterocycles. The molecule has 1 aromatic carbocycles. The molecule has 0 radical (unpaired) electrons. The van der Waals surface area contributed by atoms with Crippen LogP contribution in [0.2, 0.25) is 0 Å². The highest BCUT2D eigenvalue weighted by atomic mass is 15.4. The second kappa shape index (κ2) is 8.08. The Kier molecular flexibility index (Phi) is 5.18. The summed E-state index contributed by atoms with van der Waals surface area (Å²) in [6, 6.07) is 10.1. The van der Waals surface area contributed by atoms with Crippen LogP contribution in [-0.4, -0.2) is 56.8 Å². The molecule has 0 bridgehead atoms. The van der Waals surface area contributed by atoms with Crippen molar-refractivity contribution in [1.29, 1.82) is 0 Å². The van der Waals surface area contributed by atoms with E-state index < -0.39 is 0 Å². The molecule has 0 saturated carbocycles. The second-order valence-electron chi connectivity index (χ2n) is 6.76. The molecule has 1 aliphatic heterocycles. The quantitative estimate of drug-likeness (QED) is 0.549. The van der Waals surface area contributed by atoms with Crippen molar-refractivity contribution in [2.24, 2.45) is 17.8 Å². The Morgan fingerprint density at radius 3 is 2.54 bits per heavy atom. The minimum Gasteiger partial charge on any atom is -0.370 e. The van der Waals surface area contributed by atoms with E-state index in [0.29, 0.717) is 12.5 Å². The summed E-state index contributed by atoms with van der Waals surface area (Å²) in [6.07, 6.45) is 7.42. The molecule has 2 aromatic heterocycles. The number of aromatic nitrogens is 4. The van der Waals surface area contributed by atoms with Gasteiger partial charge in [-0.1, -0.05) is 24.3 Å². The molecule has 0 amide bonds. The normalized spacial score (nSPS) is 15.1. The van der Waals surface area contributed by atoms with E-state index >= 15 is 0 Å². The van der Waals surface area contributed by atoms with E-state index in [2.05, 4.69) is 42.0 Å². The summed E-state index contributed by atoms with van der Waals surface area (Å²) in [5, 5.41) is 4.27. The number of nitrogens with zero attached hydrogens (tertiary/aromatic N) is 7. The first kappa shape index (κ1) is 18.0. The van der Waals surface area contributed by atoms with E-state index in [9.17, 15) is 0 Å². The van der Waals surface area contributed by atoms with Gasteiger partial charge in [-0.25, -0.2) is 15.0 Å². The van der Waals surface area contributed by atoms with Gasteiger partial charge in [0, 0.05) is 57.4 Å². The maximum Gasteiger partial charge on any atom is 0.225 e. The van der Waals surface area contributed by atoms with Crippen molar-refractivity contribution < 1.29 is 0 Å². The van der Waals surface area contributed by atoms with Gasteiger partial charge in [0.05, 0.1) is 12.7 Å². The lowest BCUT2D eigenvalue weighted by molar-refractivity contribution is 0.378. The van der Waals surface area contributed by atoms with Crippen LogP contribution >= 0.6 is 0 Å². The summed E-state index contributed by atoms with van der Waals surface area (Å²) in [6.45, 7) is 3.80. The van der Waals surface area contributed by atoms with Crippen LogP contribution in [0.15, 0.2) is 60.1 Å². The fourth-order valence-corrected chi connectivity index (χ4v) is 3.36. The Hall–Kier alpha value is -3.42. The van der Waals surface area contributed by atoms with Crippen LogP contribution in [0.4, 0.5) is 5.95 Å². The number of guanidine groups is 1. The van der Waals surface area contributed by atoms with Crippen LogP contribution < -0.4 is 10.6 Å². The van der Waals surface area contributed by atoms with Crippen LogP contribution in [0.5, 0.6) is 0 Å². The van der Waals surface area contributed by atoms with Crippen LogP contribution in [0, 0.1) is 0 Å². The second-order valence-corrected chi connectivity index (χ2v) is 6.76. The number of hydrogen-bond acceptors (Lipinski definition) is 5. The third-order valence-electron chi connectivity index (χ3n) is 4.88. The molecule has 8 nitrogen and oxygen atoms in total. The zero-order valence-electron chi connectivity index (χ0n) is 15.9. The predicted molar refractivity (Wildman–Crippen MR) is 110 cm³/mol. The molecule has 4 rings (SSSR count). The number of hydrogen-bond donors (Lipinski definition) is 1. The highest BCUT2D eigenvalue weighted by Crippen LogP contribution is 2.23. The smallest absolute Gasteiger partial charge is 0.225 e. The first-order chi connectivity index (χ1) is 13.7. The molecule has 28 heavy (non-hydrogen) atoms. The van der Waals surface area contributed by atoms with Crippen LogP contribution in [0.1, 0.15) is 5.56 Å². The van der Waals surface area contributed by atoms with Gasteiger partial charge in [-0.2, -0.15) is 5.10 Å². The Labute approximate surface area is 164 Å². The minimum atomic E-state index is 0.541. The van der Waals surface area contributed by atoms with E-state index in [1.807, 2.05) is 37.6 Å². The molecule has 0 atom stereocenters. The van der Waals surface area contributed by atoms with Crippen LogP contribution in [0.25, 0.3) is 11.1 Å². The van der Waals surface area contributed by atoms with Crippen molar-refractivity contribution in [3.63, 3.8) is 0 Å². The largest absolute Gasteiger partial charge is 0.370 e. The zero-order chi connectivity index (χ0) is 19.3. The van der Waals surface area contributed by atoms with Crippen molar-refractivity contribution in [1.82, 2.24) is 24.6 Å². The number of anilines is 1. The van der Waals surface area contributed by atoms with Gasteiger partial charge in [0.1, 0.15) is 0 Å². The summed E-state index contributed by atoms with van der Waals surface area (Å²) in [5.74, 6) is 1.35. The molecule has 1 saturated heterocycles. The predicted octanol–water partition coefficient (Wildman–Crippen LogP) is 1.51. The maximum absolute atomic E-state index is 6.28. The number of rotatable bonds is 4. The van der Waals surface area contributed by atoms with Gasteiger partial charge in [0.25, 0.3) is 0 Å². The molecular formula is C20H24N8. The highest BCUT2D eigenvalue weighted by Gasteiger charge is 2.20. The molecule has 1 fully saturated rings. The maximum atomic E-state index is 6.28. The van der Waals surface area contributed by atoms with Gasteiger partial charge in [0.15, 0.2) is 5.96 Å². The third kappa shape index (κ3) is 3.95. The van der Waals surface area contributed by atoms with Gasteiger partial charge >= 0.3 is 0 Å². The van der Waals surface area contributed by atoms with Gasteiger partial charge in [0.2, 0.25) is 5.95 Å². The van der Waals surface area contributed by atoms with Crippen molar-refractivity contribution >= 4 is 11.9 Å². The van der Waals surface area contributed by atoms with E-state index in [1.54, 1.807) is 17.1 Å². The monoisotopic (exact) mass is 376 g/mol. The van der Waals surface area contributed by atoms with E-state index in [4.69, 9.17) is 5.73 Å². The Morgan fingerprint density at radius 2 is 1.82 bits per heavy atom. The van der Waals surface area contributed by atoms with Gasteiger partial charge in [-0.15, -0.1) is 0 Å². The molecule has 3 aromatic rings. The Bertz CT molecular complexity index is 942. The Balaban J connectivity index is 1.41. The summed E-state index contributed by atoms with van der Waals surface area (Å²) < 4.78 is 1.81. The fourth-order valence-electron chi connectivity index (χ4n) is 3.36. The standard InChI is InChI=1S/C20H24N8/c1-26-15-17(14-25-26)18-6-3-2-5-16(18)13-24-19(21)27-9-11-28(12-10-27)20-22-7-4-8-23-20/h2-8,14-15H,9-13H2,1H3,(H2,21,24). The number of aliphatic imine (C=N–C) groups is 1. The molecule has 0 spiro atoms. The van der Waals surface area contributed by atoms with Crippen molar-refractivity contribution in [2.45, 2.75) is 6.54 Å². The average molecular weight is 376 g/mol. The molecule has 0 unspecified atom stereocenters. The highest BCUT2D eigenvalue weighted by molar-refractivity contribution is 5.78. The lowest BCUT2D eigenvalue weighted by Gasteiger charge is -2.35. The molecule has 8 heteroatoms. The average Bonchev–Trinajstić information content (AvgIpc) is 3.19. The topological polar surface area (TPSA) is 88.5 Å². The van der Waals surface area contributed by atoms with Gasteiger partial charge in [-0.05, 0) is 17.2 Å². The number of aryl methyl sites for hydroxylation is 1. The number of piperazine rings is 1. The minimum absolute atomic E-state index is 0.541. The molecule has 0 aliphatic carbocycles. The van der Waals surface area contributed by atoms with Crippen LogP contribution in [-0.2, 0) is 13.6 Å². The first-order valence-electron chi connectivity index (χ1n) is 9.34. The van der Waals surface area contributed by atoms with Crippen molar-refractivity contribution in [3.05, 3.63) is 60.7 Å². The van der Waals surface area contributed by atoms with Gasteiger partial charge < -0.3 is 15.5 Å². The fraction of sp³-hybridized carbons (Fsp3) is 0.300. The number of nitrogens with two attached hydrogens (primary N) is 1. The van der Waals surface area contributed by atoms with E-state index in [-0.39, 0.29) is 0 Å². The van der Waals surface area contributed by atoms with Gasteiger partial charge in [-0.3, -0.25) is 4.68 Å². The summed E-state index contributed by atoms with van der Waals surface area (Å²) in [5.41, 5.74) is 9.64. The molecule has 2 N–H and O–H groups in total. The summed E-state index contributed by atoms with van der Waals surface area (Å²) >= 11 is 0. The molecular weight excluding hydrogens is 352 g/mol. The summed E-state index contributed by atoms with van der Waals surface area (Å²) in [7, 11) is 1.92. The lowest BCUT2D eigenvalue weighted by Crippen LogP contribution is -2.51. The van der Waals surface area contributed by atoms with E-state index in [0.717, 1.165) is 48.8 Å². The van der Waals surface area contributed by atoms with E-state index in [1.165, 1.54) is 0 Å².